The molecule has 25 heavy (non-hydrogen) atoms. The molecule has 0 aliphatic rings. The Balaban J connectivity index is 2.84. The molecule has 0 aliphatic heterocycles. The number of hydrogen-bond acceptors (Lipinski definition) is 3. The number of benzene rings is 1. The van der Waals surface area contributed by atoms with Crippen molar-refractivity contribution in [3.63, 3.8) is 0 Å². The van der Waals surface area contributed by atoms with Gasteiger partial charge >= 0.3 is 5.97 Å². The average Bonchev–Trinajstić information content (AvgIpc) is 2.62. The fourth-order valence-electron chi connectivity index (χ4n) is 2.44. The Morgan fingerprint density at radius 1 is 1.08 bits per heavy atom. The van der Waals surface area contributed by atoms with E-state index in [0.29, 0.717) is 24.8 Å². The standard InChI is InChI=1S/C19H28N2O4/c1-4-6-12-15(19(24)25)20-18(23)16(13(3)5-2)21-17(22)14-10-8-7-9-11-14/h7-11,13,15-16H,4-6,12H2,1-3H3,(H,20,23)(H,21,22)(H,24,25). The average molecular weight is 348 g/mol. The Bertz CT molecular complexity index is 574. The van der Waals surface area contributed by atoms with Gasteiger partial charge in [-0.3, -0.25) is 9.59 Å². The molecule has 1 aromatic carbocycles. The van der Waals surface area contributed by atoms with Gasteiger partial charge in [-0.2, -0.15) is 0 Å². The van der Waals surface area contributed by atoms with Crippen molar-refractivity contribution in [2.24, 2.45) is 5.92 Å². The lowest BCUT2D eigenvalue weighted by Crippen LogP contribution is -2.54. The smallest absolute Gasteiger partial charge is 0.326 e. The van der Waals surface area contributed by atoms with Crippen molar-refractivity contribution < 1.29 is 19.5 Å². The highest BCUT2D eigenvalue weighted by Gasteiger charge is 2.29. The van der Waals surface area contributed by atoms with Gasteiger partial charge in [-0.15, -0.1) is 0 Å². The summed E-state index contributed by atoms with van der Waals surface area (Å²) < 4.78 is 0. The highest BCUT2D eigenvalue weighted by molar-refractivity contribution is 5.98. The summed E-state index contributed by atoms with van der Waals surface area (Å²) in [6, 6.07) is 6.93. The topological polar surface area (TPSA) is 95.5 Å². The van der Waals surface area contributed by atoms with Gasteiger partial charge in [0.05, 0.1) is 0 Å². The van der Waals surface area contributed by atoms with Gasteiger partial charge in [0.25, 0.3) is 5.91 Å². The highest BCUT2D eigenvalue weighted by atomic mass is 16.4. The van der Waals surface area contributed by atoms with Crippen molar-refractivity contribution in [2.45, 2.75) is 58.5 Å². The number of carbonyl (C=O) groups excluding carboxylic acids is 2. The Morgan fingerprint density at radius 2 is 1.72 bits per heavy atom. The van der Waals surface area contributed by atoms with Crippen LogP contribution in [0.25, 0.3) is 0 Å². The quantitative estimate of drug-likeness (QED) is 0.605. The molecule has 138 valence electrons. The summed E-state index contributed by atoms with van der Waals surface area (Å²) in [5, 5.41) is 14.6. The van der Waals surface area contributed by atoms with Crippen LogP contribution < -0.4 is 10.6 Å². The summed E-state index contributed by atoms with van der Waals surface area (Å²) in [6.07, 6.45) is 2.61. The first-order valence-corrected chi connectivity index (χ1v) is 8.79. The zero-order valence-corrected chi connectivity index (χ0v) is 15.1. The number of carboxylic acids is 1. The second-order valence-electron chi connectivity index (χ2n) is 6.24. The molecule has 0 fully saturated rings. The van der Waals surface area contributed by atoms with Gasteiger partial charge < -0.3 is 15.7 Å². The molecule has 0 saturated heterocycles. The molecular weight excluding hydrogens is 320 g/mol. The van der Waals surface area contributed by atoms with Crippen molar-refractivity contribution in [1.82, 2.24) is 10.6 Å². The Morgan fingerprint density at radius 3 is 2.24 bits per heavy atom. The Labute approximate surface area is 149 Å². The molecule has 6 nitrogen and oxygen atoms in total. The molecule has 0 spiro atoms. The van der Waals surface area contributed by atoms with Gasteiger partial charge in [0.1, 0.15) is 12.1 Å². The van der Waals surface area contributed by atoms with Crippen molar-refractivity contribution in [1.29, 1.82) is 0 Å². The number of rotatable bonds is 10. The van der Waals surface area contributed by atoms with E-state index < -0.39 is 24.0 Å². The van der Waals surface area contributed by atoms with E-state index >= 15 is 0 Å². The van der Waals surface area contributed by atoms with Crippen molar-refractivity contribution in [3.05, 3.63) is 35.9 Å². The first-order chi connectivity index (χ1) is 11.9. The van der Waals surface area contributed by atoms with E-state index in [1.165, 1.54) is 0 Å². The Kier molecular flexibility index (Phi) is 8.67. The lowest BCUT2D eigenvalue weighted by atomic mass is 9.97. The lowest BCUT2D eigenvalue weighted by molar-refractivity contribution is -0.142. The van der Waals surface area contributed by atoms with Crippen LogP contribution >= 0.6 is 0 Å². The first-order valence-electron chi connectivity index (χ1n) is 8.79. The van der Waals surface area contributed by atoms with E-state index in [0.717, 1.165) is 6.42 Å². The molecule has 6 heteroatoms. The second kappa shape index (κ2) is 10.5. The van der Waals surface area contributed by atoms with E-state index in [2.05, 4.69) is 10.6 Å². The van der Waals surface area contributed by atoms with Gasteiger partial charge in [0.2, 0.25) is 5.91 Å². The third-order valence-electron chi connectivity index (χ3n) is 4.28. The summed E-state index contributed by atoms with van der Waals surface area (Å²) in [6.45, 7) is 5.74. The maximum absolute atomic E-state index is 12.6. The Hall–Kier alpha value is -2.37. The van der Waals surface area contributed by atoms with Crippen LogP contribution in [0.5, 0.6) is 0 Å². The minimum absolute atomic E-state index is 0.117. The third-order valence-corrected chi connectivity index (χ3v) is 4.28. The summed E-state index contributed by atoms with van der Waals surface area (Å²) >= 11 is 0. The van der Waals surface area contributed by atoms with Gasteiger partial charge in [-0.1, -0.05) is 58.2 Å². The van der Waals surface area contributed by atoms with Crippen LogP contribution in [0.3, 0.4) is 0 Å². The molecule has 0 saturated carbocycles. The van der Waals surface area contributed by atoms with Crippen LogP contribution in [0.1, 0.15) is 56.8 Å². The van der Waals surface area contributed by atoms with Crippen molar-refractivity contribution in [3.8, 4) is 0 Å². The number of aliphatic carboxylic acids is 1. The van der Waals surface area contributed by atoms with E-state index in [1.807, 2.05) is 20.8 Å². The lowest BCUT2D eigenvalue weighted by Gasteiger charge is -2.25. The molecule has 3 N–H and O–H groups in total. The minimum Gasteiger partial charge on any atom is -0.480 e. The van der Waals surface area contributed by atoms with Crippen molar-refractivity contribution in [2.75, 3.05) is 0 Å². The largest absolute Gasteiger partial charge is 0.480 e. The van der Waals surface area contributed by atoms with Crippen molar-refractivity contribution >= 4 is 17.8 Å². The molecule has 1 rings (SSSR count). The van der Waals surface area contributed by atoms with Crippen LogP contribution in [0.15, 0.2) is 30.3 Å². The zero-order valence-electron chi connectivity index (χ0n) is 15.1. The molecule has 3 unspecified atom stereocenters. The second-order valence-corrected chi connectivity index (χ2v) is 6.24. The van der Waals surface area contributed by atoms with Crippen LogP contribution in [0, 0.1) is 5.92 Å². The molecule has 0 heterocycles. The fourth-order valence-corrected chi connectivity index (χ4v) is 2.44. The van der Waals surface area contributed by atoms with E-state index in [9.17, 15) is 19.5 Å². The van der Waals surface area contributed by atoms with Crippen LogP contribution in [-0.4, -0.2) is 35.0 Å². The summed E-state index contributed by atoms with van der Waals surface area (Å²) in [5.74, 6) is -1.98. The summed E-state index contributed by atoms with van der Waals surface area (Å²) in [5.41, 5.74) is 0.462. The maximum Gasteiger partial charge on any atom is 0.326 e. The predicted molar refractivity (Wildman–Crippen MR) is 96.2 cm³/mol. The first kappa shape index (κ1) is 20.7. The molecule has 0 radical (unpaired) electrons. The summed E-state index contributed by atoms with van der Waals surface area (Å²) in [4.78, 5) is 36.3. The number of unbranched alkanes of at least 4 members (excludes halogenated alkanes) is 1. The molecule has 1 aromatic rings. The van der Waals surface area contributed by atoms with E-state index in [4.69, 9.17) is 0 Å². The van der Waals surface area contributed by atoms with Crippen LogP contribution in [-0.2, 0) is 9.59 Å². The SMILES string of the molecule is CCCCC(NC(=O)C(NC(=O)c1ccccc1)C(C)CC)C(=O)O. The minimum atomic E-state index is -1.06. The molecular formula is C19H28N2O4. The van der Waals surface area contributed by atoms with E-state index in [-0.39, 0.29) is 11.8 Å². The zero-order chi connectivity index (χ0) is 18.8. The number of carbonyl (C=O) groups is 3. The van der Waals surface area contributed by atoms with Gasteiger partial charge in [-0.05, 0) is 24.5 Å². The maximum atomic E-state index is 12.6. The van der Waals surface area contributed by atoms with Gasteiger partial charge in [-0.25, -0.2) is 4.79 Å². The number of nitrogens with one attached hydrogen (secondary N) is 2. The predicted octanol–water partition coefficient (Wildman–Crippen LogP) is 2.59. The molecule has 0 aromatic heterocycles. The monoisotopic (exact) mass is 348 g/mol. The molecule has 3 atom stereocenters. The molecule has 0 aliphatic carbocycles. The highest BCUT2D eigenvalue weighted by Crippen LogP contribution is 2.11. The van der Waals surface area contributed by atoms with E-state index in [1.54, 1.807) is 30.3 Å². The van der Waals surface area contributed by atoms with Gasteiger partial charge in [0, 0.05) is 5.56 Å². The van der Waals surface area contributed by atoms with Crippen LogP contribution in [0.4, 0.5) is 0 Å². The number of carboxylic acid groups (broad SMARTS) is 1. The number of amides is 2. The third kappa shape index (κ3) is 6.57. The van der Waals surface area contributed by atoms with Gasteiger partial charge in [0.15, 0.2) is 0 Å². The number of hydrogen-bond donors (Lipinski definition) is 3. The summed E-state index contributed by atoms with van der Waals surface area (Å²) in [7, 11) is 0. The normalized spacial score (nSPS) is 14.2. The molecule has 0 bridgehead atoms. The fraction of sp³-hybridized carbons (Fsp3) is 0.526. The van der Waals surface area contributed by atoms with Crippen LogP contribution in [0.2, 0.25) is 0 Å². The molecule has 2 amide bonds.